The zero-order chi connectivity index (χ0) is 18.5. The van der Waals surface area contributed by atoms with Crippen LogP contribution in [0.1, 0.15) is 16.1 Å². The van der Waals surface area contributed by atoms with Crippen LogP contribution in [0.5, 0.6) is 0 Å². The second-order valence-corrected chi connectivity index (χ2v) is 6.74. The SMILES string of the molecule is COC(=O)c1ccc(NC(=O)Cc2csc(-c3ccc(Cl)cc3)n2)cc1. The first-order chi connectivity index (χ1) is 12.5. The molecule has 0 spiro atoms. The highest BCUT2D eigenvalue weighted by atomic mass is 35.5. The van der Waals surface area contributed by atoms with Crippen LogP contribution in [-0.2, 0) is 16.0 Å². The van der Waals surface area contributed by atoms with E-state index in [0.29, 0.717) is 22.0 Å². The first kappa shape index (κ1) is 18.1. The Morgan fingerprint density at radius 3 is 2.46 bits per heavy atom. The van der Waals surface area contributed by atoms with E-state index in [1.165, 1.54) is 18.4 Å². The van der Waals surface area contributed by atoms with E-state index < -0.39 is 5.97 Å². The molecule has 0 fully saturated rings. The second kappa shape index (κ2) is 8.12. The van der Waals surface area contributed by atoms with Crippen LogP contribution in [0.15, 0.2) is 53.9 Å². The molecule has 3 rings (SSSR count). The van der Waals surface area contributed by atoms with Crippen LogP contribution in [0.4, 0.5) is 5.69 Å². The van der Waals surface area contributed by atoms with Crippen LogP contribution in [0.2, 0.25) is 5.02 Å². The van der Waals surface area contributed by atoms with Gasteiger partial charge in [0.05, 0.1) is 24.8 Å². The van der Waals surface area contributed by atoms with E-state index in [-0.39, 0.29) is 12.3 Å². The molecule has 132 valence electrons. The monoisotopic (exact) mass is 386 g/mol. The molecular formula is C19H15ClN2O3S. The molecule has 26 heavy (non-hydrogen) atoms. The highest BCUT2D eigenvalue weighted by molar-refractivity contribution is 7.13. The molecular weight excluding hydrogens is 372 g/mol. The maximum absolute atomic E-state index is 12.2. The summed E-state index contributed by atoms with van der Waals surface area (Å²) in [5.41, 5.74) is 2.70. The van der Waals surface area contributed by atoms with Crippen LogP contribution < -0.4 is 5.32 Å². The lowest BCUT2D eigenvalue weighted by Crippen LogP contribution is -2.14. The summed E-state index contributed by atoms with van der Waals surface area (Å²) < 4.78 is 4.64. The van der Waals surface area contributed by atoms with Crippen molar-refractivity contribution >= 4 is 40.5 Å². The van der Waals surface area contributed by atoms with Crippen LogP contribution in [-0.4, -0.2) is 24.0 Å². The highest BCUT2D eigenvalue weighted by Crippen LogP contribution is 2.25. The van der Waals surface area contributed by atoms with Gasteiger partial charge in [0.15, 0.2) is 0 Å². The minimum atomic E-state index is -0.417. The molecule has 1 N–H and O–H groups in total. The Bertz CT molecular complexity index is 921. The van der Waals surface area contributed by atoms with Crippen molar-refractivity contribution in [2.75, 3.05) is 12.4 Å². The van der Waals surface area contributed by atoms with Crippen LogP contribution >= 0.6 is 22.9 Å². The maximum Gasteiger partial charge on any atom is 0.337 e. The summed E-state index contributed by atoms with van der Waals surface area (Å²) in [5.74, 6) is -0.594. The number of thiazole rings is 1. The third-order valence-corrected chi connectivity index (χ3v) is 4.77. The van der Waals surface area contributed by atoms with Crippen molar-refractivity contribution in [1.29, 1.82) is 0 Å². The number of aromatic nitrogens is 1. The third kappa shape index (κ3) is 4.47. The van der Waals surface area contributed by atoms with Gasteiger partial charge in [0.2, 0.25) is 5.91 Å². The number of anilines is 1. The number of esters is 1. The van der Waals surface area contributed by atoms with E-state index in [2.05, 4.69) is 15.0 Å². The minimum absolute atomic E-state index is 0.169. The van der Waals surface area contributed by atoms with Crippen molar-refractivity contribution in [2.24, 2.45) is 0 Å². The van der Waals surface area contributed by atoms with Crippen LogP contribution in [0, 0.1) is 0 Å². The molecule has 1 heterocycles. The molecule has 3 aromatic rings. The summed E-state index contributed by atoms with van der Waals surface area (Å²) in [6.45, 7) is 0. The molecule has 0 aliphatic rings. The van der Waals surface area contributed by atoms with Gasteiger partial charge in [-0.2, -0.15) is 0 Å². The van der Waals surface area contributed by atoms with Crippen molar-refractivity contribution in [2.45, 2.75) is 6.42 Å². The van der Waals surface area contributed by atoms with Crippen molar-refractivity contribution in [3.8, 4) is 10.6 Å². The Labute approximate surface area is 159 Å². The molecule has 0 bridgehead atoms. The number of hydrogen-bond donors (Lipinski definition) is 1. The lowest BCUT2D eigenvalue weighted by atomic mass is 10.2. The average molecular weight is 387 g/mol. The van der Waals surface area contributed by atoms with Gasteiger partial charge in [-0.1, -0.05) is 23.7 Å². The fourth-order valence-electron chi connectivity index (χ4n) is 2.29. The van der Waals surface area contributed by atoms with Crippen LogP contribution in [0.3, 0.4) is 0 Å². The first-order valence-electron chi connectivity index (χ1n) is 7.74. The molecule has 0 unspecified atom stereocenters. The standard InChI is InChI=1S/C19H15ClN2O3S/c1-25-19(24)13-4-8-15(9-5-13)21-17(23)10-16-11-26-18(22-16)12-2-6-14(20)7-3-12/h2-9,11H,10H2,1H3,(H,21,23). The Morgan fingerprint density at radius 1 is 1.12 bits per heavy atom. The summed E-state index contributed by atoms with van der Waals surface area (Å²) >= 11 is 7.37. The number of methoxy groups -OCH3 is 1. The fourth-order valence-corrected chi connectivity index (χ4v) is 3.24. The van der Waals surface area contributed by atoms with Gasteiger partial charge in [-0.3, -0.25) is 4.79 Å². The summed E-state index contributed by atoms with van der Waals surface area (Å²) in [6, 6.07) is 13.9. The number of hydrogen-bond acceptors (Lipinski definition) is 5. The molecule has 1 aromatic heterocycles. The molecule has 7 heteroatoms. The maximum atomic E-state index is 12.2. The Balaban J connectivity index is 1.61. The van der Waals surface area contributed by atoms with E-state index in [9.17, 15) is 9.59 Å². The molecule has 0 atom stereocenters. The van der Waals surface area contributed by atoms with Gasteiger partial charge in [-0.15, -0.1) is 11.3 Å². The predicted molar refractivity (Wildman–Crippen MR) is 103 cm³/mol. The van der Waals surface area contributed by atoms with Crippen molar-refractivity contribution in [3.05, 3.63) is 70.2 Å². The summed E-state index contributed by atoms with van der Waals surface area (Å²) in [7, 11) is 1.32. The quantitative estimate of drug-likeness (QED) is 0.658. The van der Waals surface area contributed by atoms with Crippen LogP contribution in [0.25, 0.3) is 10.6 Å². The number of nitrogens with one attached hydrogen (secondary N) is 1. The van der Waals surface area contributed by atoms with Gasteiger partial charge in [0, 0.05) is 21.7 Å². The Hall–Kier alpha value is -2.70. The number of amides is 1. The first-order valence-corrected chi connectivity index (χ1v) is 8.99. The van der Waals surface area contributed by atoms with Crippen molar-refractivity contribution < 1.29 is 14.3 Å². The van der Waals surface area contributed by atoms with Gasteiger partial charge in [-0.05, 0) is 36.4 Å². The number of halogens is 1. The molecule has 0 radical (unpaired) electrons. The number of carbonyl (C=O) groups is 2. The summed E-state index contributed by atoms with van der Waals surface area (Å²) in [5, 5.41) is 6.16. The minimum Gasteiger partial charge on any atom is -0.465 e. The third-order valence-electron chi connectivity index (χ3n) is 3.57. The molecule has 0 saturated carbocycles. The Morgan fingerprint density at radius 2 is 1.81 bits per heavy atom. The van der Waals surface area contributed by atoms with Gasteiger partial charge in [-0.25, -0.2) is 9.78 Å². The number of benzene rings is 2. The normalized spacial score (nSPS) is 10.4. The zero-order valence-corrected chi connectivity index (χ0v) is 15.4. The number of ether oxygens (including phenoxy) is 1. The van der Waals surface area contributed by atoms with Crippen molar-refractivity contribution in [1.82, 2.24) is 4.98 Å². The van der Waals surface area contributed by atoms with E-state index in [4.69, 9.17) is 11.6 Å². The molecule has 0 aliphatic heterocycles. The van der Waals surface area contributed by atoms with E-state index in [0.717, 1.165) is 10.6 Å². The molecule has 0 aliphatic carbocycles. The lowest BCUT2D eigenvalue weighted by Gasteiger charge is -2.05. The lowest BCUT2D eigenvalue weighted by molar-refractivity contribution is -0.115. The molecule has 2 aromatic carbocycles. The number of rotatable bonds is 5. The Kier molecular flexibility index (Phi) is 5.65. The summed E-state index contributed by atoms with van der Waals surface area (Å²) in [4.78, 5) is 28.1. The molecule has 0 saturated heterocycles. The van der Waals surface area contributed by atoms with Gasteiger partial charge in [0.1, 0.15) is 5.01 Å². The van der Waals surface area contributed by atoms with Gasteiger partial charge in [0.25, 0.3) is 0 Å². The topological polar surface area (TPSA) is 68.3 Å². The predicted octanol–water partition coefficient (Wildman–Crippen LogP) is 4.43. The molecule has 1 amide bonds. The molecule has 5 nitrogen and oxygen atoms in total. The van der Waals surface area contributed by atoms with Crippen molar-refractivity contribution in [3.63, 3.8) is 0 Å². The van der Waals surface area contributed by atoms with Gasteiger partial charge >= 0.3 is 5.97 Å². The number of carbonyl (C=O) groups excluding carboxylic acids is 2. The van der Waals surface area contributed by atoms with Gasteiger partial charge < -0.3 is 10.1 Å². The smallest absolute Gasteiger partial charge is 0.337 e. The average Bonchev–Trinajstić information content (AvgIpc) is 3.10. The van der Waals surface area contributed by atoms with E-state index in [1.807, 2.05) is 29.6 Å². The highest BCUT2D eigenvalue weighted by Gasteiger charge is 2.10. The largest absolute Gasteiger partial charge is 0.465 e. The van der Waals surface area contributed by atoms with E-state index in [1.54, 1.807) is 24.3 Å². The van der Waals surface area contributed by atoms with E-state index >= 15 is 0 Å². The fraction of sp³-hybridized carbons (Fsp3) is 0.105. The number of nitrogens with zero attached hydrogens (tertiary/aromatic N) is 1. The summed E-state index contributed by atoms with van der Waals surface area (Å²) in [6.07, 6.45) is 0.169. The second-order valence-electron chi connectivity index (χ2n) is 5.44. The zero-order valence-electron chi connectivity index (χ0n) is 13.9.